The van der Waals surface area contributed by atoms with Crippen molar-refractivity contribution in [2.24, 2.45) is 5.92 Å². The lowest BCUT2D eigenvalue weighted by atomic mass is 9.96. The summed E-state index contributed by atoms with van der Waals surface area (Å²) in [5, 5.41) is 14.9. The molecule has 0 aliphatic rings. The first kappa shape index (κ1) is 18.7. The molecule has 0 spiro atoms. The summed E-state index contributed by atoms with van der Waals surface area (Å²) in [6, 6.07) is 6.09. The van der Waals surface area contributed by atoms with E-state index in [9.17, 15) is 9.18 Å². The van der Waals surface area contributed by atoms with Crippen LogP contribution in [0.2, 0.25) is 0 Å². The molecular weight excluding hydrogens is 347 g/mol. The van der Waals surface area contributed by atoms with Crippen LogP contribution in [0.3, 0.4) is 0 Å². The van der Waals surface area contributed by atoms with E-state index >= 15 is 0 Å². The summed E-state index contributed by atoms with van der Waals surface area (Å²) >= 11 is 2.79. The van der Waals surface area contributed by atoms with Crippen LogP contribution in [0.15, 0.2) is 28.6 Å². The minimum atomic E-state index is -0.282. The second-order valence-electron chi connectivity index (χ2n) is 5.53. The molecule has 0 aliphatic carbocycles. The standard InChI is InChI=1S/C16H21FN4OS2/c1-4-18-15-20-21-16(24-15)23-9-13(22)19-14(10(2)3)11-5-7-12(17)8-6-11/h5-8,10,14H,4,9H2,1-3H3,(H,18,20)(H,19,22). The Kier molecular flexibility index (Phi) is 6.99. The van der Waals surface area contributed by atoms with Crippen LogP contribution in [0.4, 0.5) is 9.52 Å². The SMILES string of the molecule is CCNc1nnc(SCC(=O)NC(c2ccc(F)cc2)C(C)C)s1. The van der Waals surface area contributed by atoms with Gasteiger partial charge in [0, 0.05) is 6.54 Å². The van der Waals surface area contributed by atoms with E-state index in [-0.39, 0.29) is 29.4 Å². The molecule has 0 aliphatic heterocycles. The van der Waals surface area contributed by atoms with Gasteiger partial charge in [-0.05, 0) is 30.5 Å². The van der Waals surface area contributed by atoms with Crippen molar-refractivity contribution in [1.29, 1.82) is 0 Å². The number of carbonyl (C=O) groups excluding carboxylic acids is 1. The number of thioether (sulfide) groups is 1. The number of aromatic nitrogens is 2. The lowest BCUT2D eigenvalue weighted by Crippen LogP contribution is -2.32. The van der Waals surface area contributed by atoms with Crippen LogP contribution in [0.25, 0.3) is 0 Å². The predicted octanol–water partition coefficient (Wildman–Crippen LogP) is 3.71. The largest absolute Gasteiger partial charge is 0.360 e. The average Bonchev–Trinajstić information content (AvgIpc) is 2.99. The zero-order valence-electron chi connectivity index (χ0n) is 13.9. The molecule has 1 aromatic heterocycles. The number of anilines is 1. The summed E-state index contributed by atoms with van der Waals surface area (Å²) < 4.78 is 13.8. The molecule has 130 valence electrons. The monoisotopic (exact) mass is 368 g/mol. The molecule has 0 bridgehead atoms. The van der Waals surface area contributed by atoms with E-state index in [1.54, 1.807) is 12.1 Å². The van der Waals surface area contributed by atoms with Gasteiger partial charge in [0.1, 0.15) is 5.82 Å². The number of amides is 1. The van der Waals surface area contributed by atoms with Crippen molar-refractivity contribution in [2.45, 2.75) is 31.2 Å². The van der Waals surface area contributed by atoms with E-state index in [1.807, 2.05) is 20.8 Å². The molecule has 1 amide bonds. The van der Waals surface area contributed by atoms with Crippen LogP contribution < -0.4 is 10.6 Å². The van der Waals surface area contributed by atoms with Gasteiger partial charge in [0.15, 0.2) is 4.34 Å². The zero-order valence-corrected chi connectivity index (χ0v) is 15.5. The Morgan fingerprint density at radius 3 is 2.62 bits per heavy atom. The lowest BCUT2D eigenvalue weighted by Gasteiger charge is -2.22. The summed E-state index contributed by atoms with van der Waals surface area (Å²) in [4.78, 5) is 12.2. The van der Waals surface area contributed by atoms with Gasteiger partial charge < -0.3 is 10.6 Å². The van der Waals surface area contributed by atoms with E-state index in [0.717, 1.165) is 21.6 Å². The molecule has 8 heteroatoms. The highest BCUT2D eigenvalue weighted by atomic mass is 32.2. The maximum atomic E-state index is 13.1. The fourth-order valence-corrected chi connectivity index (χ4v) is 3.77. The molecule has 0 saturated heterocycles. The Labute approximate surface area is 149 Å². The number of nitrogens with one attached hydrogen (secondary N) is 2. The summed E-state index contributed by atoms with van der Waals surface area (Å²) in [6.45, 7) is 6.82. The Morgan fingerprint density at radius 2 is 2.00 bits per heavy atom. The molecule has 1 atom stereocenters. The summed E-state index contributed by atoms with van der Waals surface area (Å²) in [6.07, 6.45) is 0. The van der Waals surface area contributed by atoms with Gasteiger partial charge in [-0.3, -0.25) is 4.79 Å². The lowest BCUT2D eigenvalue weighted by molar-refractivity contribution is -0.119. The third-order valence-corrected chi connectivity index (χ3v) is 5.29. The van der Waals surface area contributed by atoms with Gasteiger partial charge in [-0.1, -0.05) is 49.1 Å². The Balaban J connectivity index is 1.91. The van der Waals surface area contributed by atoms with E-state index in [4.69, 9.17) is 0 Å². The first-order valence-corrected chi connectivity index (χ1v) is 9.54. The van der Waals surface area contributed by atoms with Crippen LogP contribution in [-0.4, -0.2) is 28.4 Å². The normalized spacial score (nSPS) is 12.2. The first-order chi connectivity index (χ1) is 11.5. The molecule has 0 radical (unpaired) electrons. The first-order valence-electron chi connectivity index (χ1n) is 7.74. The van der Waals surface area contributed by atoms with Crippen molar-refractivity contribution in [3.8, 4) is 0 Å². The second-order valence-corrected chi connectivity index (χ2v) is 7.73. The highest BCUT2D eigenvalue weighted by Crippen LogP contribution is 2.26. The van der Waals surface area contributed by atoms with E-state index in [0.29, 0.717) is 0 Å². The number of rotatable bonds is 8. The molecule has 1 aromatic carbocycles. The Morgan fingerprint density at radius 1 is 1.29 bits per heavy atom. The van der Waals surface area contributed by atoms with Crippen LogP contribution in [0, 0.1) is 11.7 Å². The fourth-order valence-electron chi connectivity index (χ4n) is 2.14. The van der Waals surface area contributed by atoms with Gasteiger partial charge >= 0.3 is 0 Å². The van der Waals surface area contributed by atoms with Crippen molar-refractivity contribution in [2.75, 3.05) is 17.6 Å². The maximum Gasteiger partial charge on any atom is 0.230 e. The summed E-state index contributed by atoms with van der Waals surface area (Å²) in [7, 11) is 0. The second kappa shape index (κ2) is 8.98. The van der Waals surface area contributed by atoms with Gasteiger partial charge in [0.2, 0.25) is 11.0 Å². The third kappa shape index (κ3) is 5.45. The highest BCUT2D eigenvalue weighted by molar-refractivity contribution is 8.01. The van der Waals surface area contributed by atoms with Gasteiger partial charge in [0.25, 0.3) is 0 Å². The van der Waals surface area contributed by atoms with Crippen LogP contribution in [0.1, 0.15) is 32.4 Å². The van der Waals surface area contributed by atoms with E-state index < -0.39 is 0 Å². The average molecular weight is 369 g/mol. The molecule has 24 heavy (non-hydrogen) atoms. The summed E-state index contributed by atoms with van der Waals surface area (Å²) in [5.41, 5.74) is 0.898. The Hall–Kier alpha value is -1.67. The molecule has 1 heterocycles. The number of benzene rings is 1. The number of nitrogens with zero attached hydrogens (tertiary/aromatic N) is 2. The third-order valence-electron chi connectivity index (χ3n) is 3.27. The van der Waals surface area contributed by atoms with Crippen LogP contribution in [0.5, 0.6) is 0 Å². The van der Waals surface area contributed by atoms with Crippen LogP contribution in [-0.2, 0) is 4.79 Å². The van der Waals surface area contributed by atoms with Gasteiger partial charge in [-0.15, -0.1) is 10.2 Å². The summed E-state index contributed by atoms with van der Waals surface area (Å²) in [5.74, 6) is 0.107. The van der Waals surface area contributed by atoms with Crippen molar-refractivity contribution in [1.82, 2.24) is 15.5 Å². The zero-order chi connectivity index (χ0) is 17.5. The molecule has 2 aromatic rings. The predicted molar refractivity (Wildman–Crippen MR) is 96.9 cm³/mol. The quantitative estimate of drug-likeness (QED) is 0.695. The van der Waals surface area contributed by atoms with E-state index in [1.165, 1.54) is 35.2 Å². The van der Waals surface area contributed by atoms with Crippen molar-refractivity contribution in [3.63, 3.8) is 0 Å². The molecule has 2 N–H and O–H groups in total. The van der Waals surface area contributed by atoms with Crippen molar-refractivity contribution < 1.29 is 9.18 Å². The van der Waals surface area contributed by atoms with Crippen molar-refractivity contribution >= 4 is 34.1 Å². The maximum absolute atomic E-state index is 13.1. The smallest absolute Gasteiger partial charge is 0.230 e. The molecule has 1 unspecified atom stereocenters. The minimum Gasteiger partial charge on any atom is -0.360 e. The molecule has 2 rings (SSSR count). The topological polar surface area (TPSA) is 66.9 Å². The fraction of sp³-hybridized carbons (Fsp3) is 0.438. The molecular formula is C16H21FN4OS2. The minimum absolute atomic E-state index is 0.0803. The van der Waals surface area contributed by atoms with Gasteiger partial charge in [0.05, 0.1) is 11.8 Å². The van der Waals surface area contributed by atoms with Crippen LogP contribution >= 0.6 is 23.1 Å². The number of carbonyl (C=O) groups is 1. The van der Waals surface area contributed by atoms with Gasteiger partial charge in [-0.2, -0.15) is 0 Å². The van der Waals surface area contributed by atoms with E-state index in [2.05, 4.69) is 20.8 Å². The highest BCUT2D eigenvalue weighted by Gasteiger charge is 2.19. The van der Waals surface area contributed by atoms with Crippen molar-refractivity contribution in [3.05, 3.63) is 35.6 Å². The number of hydrogen-bond acceptors (Lipinski definition) is 6. The number of hydrogen-bond donors (Lipinski definition) is 2. The molecule has 0 fully saturated rings. The van der Waals surface area contributed by atoms with Gasteiger partial charge in [-0.25, -0.2) is 4.39 Å². The Bertz CT molecular complexity index is 660. The number of halogens is 1. The molecule has 5 nitrogen and oxygen atoms in total. The molecule has 0 saturated carbocycles.